The van der Waals surface area contributed by atoms with Crippen LogP contribution in [0.15, 0.2) is 54.6 Å². The summed E-state index contributed by atoms with van der Waals surface area (Å²) in [5, 5.41) is 8.56. The van der Waals surface area contributed by atoms with E-state index in [1.54, 1.807) is 12.1 Å². The second-order valence-electron chi connectivity index (χ2n) is 7.75. The molecule has 0 aromatic heterocycles. The normalized spacial score (nSPS) is 12.0. The Bertz CT molecular complexity index is 986. The van der Waals surface area contributed by atoms with Gasteiger partial charge in [-0.25, -0.2) is 13.1 Å². The van der Waals surface area contributed by atoms with Crippen molar-refractivity contribution >= 4 is 16.0 Å². The summed E-state index contributed by atoms with van der Waals surface area (Å²) in [5.41, 5.74) is 1.61. The van der Waals surface area contributed by atoms with Crippen LogP contribution in [0.3, 0.4) is 0 Å². The maximum atomic E-state index is 12.8. The summed E-state index contributed by atoms with van der Waals surface area (Å²) in [6.07, 6.45) is 3.52. The van der Waals surface area contributed by atoms with Crippen LogP contribution in [0.2, 0.25) is 0 Å². The number of esters is 1. The molecule has 0 aliphatic carbocycles. The molecule has 178 valence electrons. The summed E-state index contributed by atoms with van der Waals surface area (Å²) in [6.45, 7) is 2.51. The van der Waals surface area contributed by atoms with Crippen molar-refractivity contribution in [1.29, 1.82) is 5.26 Å². The summed E-state index contributed by atoms with van der Waals surface area (Å²) >= 11 is 0. The van der Waals surface area contributed by atoms with Crippen LogP contribution in [0.25, 0.3) is 0 Å². The molecule has 2 aromatic carbocycles. The molecule has 0 unspecified atom stereocenters. The first kappa shape index (κ1) is 26.4. The van der Waals surface area contributed by atoms with Crippen LogP contribution >= 0.6 is 0 Å². The van der Waals surface area contributed by atoms with Crippen molar-refractivity contribution in [3.8, 4) is 11.8 Å². The van der Waals surface area contributed by atoms with Gasteiger partial charge in [0.05, 0.1) is 18.4 Å². The van der Waals surface area contributed by atoms with Gasteiger partial charge in [0.1, 0.15) is 18.4 Å². The lowest BCUT2D eigenvalue weighted by molar-refractivity contribution is -0.147. The SMILES string of the molecule is CCCCS(=O)(=O)N[C@@H](Cc1ccc(OCCCCC#N)cc1)C(=O)OCc1ccccc1. The lowest BCUT2D eigenvalue weighted by Gasteiger charge is -2.18. The van der Waals surface area contributed by atoms with Crippen LogP contribution < -0.4 is 9.46 Å². The molecule has 8 heteroatoms. The van der Waals surface area contributed by atoms with Crippen LogP contribution in [0.1, 0.15) is 50.2 Å². The highest BCUT2D eigenvalue weighted by atomic mass is 32.2. The highest BCUT2D eigenvalue weighted by molar-refractivity contribution is 7.89. The molecule has 0 radical (unpaired) electrons. The van der Waals surface area contributed by atoms with Gasteiger partial charge >= 0.3 is 5.97 Å². The predicted molar refractivity (Wildman–Crippen MR) is 127 cm³/mol. The maximum absolute atomic E-state index is 12.8. The van der Waals surface area contributed by atoms with E-state index in [0.717, 1.165) is 30.4 Å². The Hall–Kier alpha value is -2.89. The van der Waals surface area contributed by atoms with E-state index in [0.29, 0.717) is 25.2 Å². The number of nitriles is 1. The number of hydrogen-bond acceptors (Lipinski definition) is 6. The standard InChI is InChI=1S/C25H32N2O5S/c1-2-3-18-33(29,30)27-24(25(28)32-20-22-10-6-4-7-11-22)19-21-12-14-23(15-13-21)31-17-9-5-8-16-26/h4,6-7,10-15,24,27H,2-3,5,8-9,17-20H2,1H3/t24-/m0/s1. The molecule has 0 amide bonds. The van der Waals surface area contributed by atoms with Crippen molar-refractivity contribution in [3.63, 3.8) is 0 Å². The third-order valence-corrected chi connectivity index (χ3v) is 6.38. The fourth-order valence-corrected chi connectivity index (χ4v) is 4.47. The Morgan fingerprint density at radius 3 is 2.42 bits per heavy atom. The topological polar surface area (TPSA) is 105 Å². The first-order valence-corrected chi connectivity index (χ1v) is 12.9. The second kappa shape index (κ2) is 14.3. The predicted octanol–water partition coefficient (Wildman–Crippen LogP) is 4.13. The number of carbonyl (C=O) groups is 1. The zero-order valence-electron chi connectivity index (χ0n) is 19.0. The Morgan fingerprint density at radius 2 is 1.76 bits per heavy atom. The minimum atomic E-state index is -3.62. The number of ether oxygens (including phenoxy) is 2. The largest absolute Gasteiger partial charge is 0.494 e. The van der Waals surface area contributed by atoms with Crippen molar-refractivity contribution in [1.82, 2.24) is 4.72 Å². The number of unbranched alkanes of at least 4 members (excludes halogenated alkanes) is 3. The maximum Gasteiger partial charge on any atom is 0.324 e. The Labute approximate surface area is 196 Å². The van der Waals surface area contributed by atoms with E-state index in [-0.39, 0.29) is 18.8 Å². The molecular weight excluding hydrogens is 440 g/mol. The van der Waals surface area contributed by atoms with Crippen molar-refractivity contribution < 1.29 is 22.7 Å². The fraction of sp³-hybridized carbons (Fsp3) is 0.440. The third-order valence-electron chi connectivity index (χ3n) is 4.91. The zero-order valence-corrected chi connectivity index (χ0v) is 19.9. The van der Waals surface area contributed by atoms with Gasteiger partial charge in [-0.05, 0) is 48.9 Å². The lowest BCUT2D eigenvalue weighted by Crippen LogP contribution is -2.44. The monoisotopic (exact) mass is 472 g/mol. The van der Waals surface area contributed by atoms with Crippen molar-refractivity contribution in [2.24, 2.45) is 0 Å². The summed E-state index contributed by atoms with van der Waals surface area (Å²) in [6, 6.07) is 17.5. The fourth-order valence-electron chi connectivity index (χ4n) is 3.07. The summed E-state index contributed by atoms with van der Waals surface area (Å²) in [5.74, 6) is 0.0315. The minimum Gasteiger partial charge on any atom is -0.494 e. The minimum absolute atomic E-state index is 0.0372. The van der Waals surface area contributed by atoms with E-state index in [4.69, 9.17) is 14.7 Å². The first-order chi connectivity index (χ1) is 15.9. The molecule has 0 spiro atoms. The molecule has 2 aromatic rings. The molecule has 7 nitrogen and oxygen atoms in total. The summed E-state index contributed by atoms with van der Waals surface area (Å²) in [7, 11) is -3.62. The van der Waals surface area contributed by atoms with E-state index in [1.807, 2.05) is 49.4 Å². The van der Waals surface area contributed by atoms with Gasteiger partial charge < -0.3 is 9.47 Å². The van der Waals surface area contributed by atoms with Gasteiger partial charge in [-0.2, -0.15) is 5.26 Å². The molecule has 2 rings (SSSR count). The van der Waals surface area contributed by atoms with E-state index in [1.165, 1.54) is 0 Å². The number of sulfonamides is 1. The molecule has 33 heavy (non-hydrogen) atoms. The molecule has 1 atom stereocenters. The Kier molecular flexibility index (Phi) is 11.4. The summed E-state index contributed by atoms with van der Waals surface area (Å²) < 4.78 is 38.5. The highest BCUT2D eigenvalue weighted by Crippen LogP contribution is 2.15. The molecule has 0 saturated carbocycles. The Balaban J connectivity index is 2.01. The van der Waals surface area contributed by atoms with Crippen LogP contribution in [0, 0.1) is 11.3 Å². The van der Waals surface area contributed by atoms with Crippen LogP contribution in [0.5, 0.6) is 5.75 Å². The van der Waals surface area contributed by atoms with Gasteiger partial charge in [0, 0.05) is 6.42 Å². The molecule has 1 N–H and O–H groups in total. The van der Waals surface area contributed by atoms with Gasteiger partial charge in [0.2, 0.25) is 10.0 Å². The molecule has 0 aliphatic heterocycles. The zero-order chi connectivity index (χ0) is 23.9. The van der Waals surface area contributed by atoms with E-state index >= 15 is 0 Å². The number of hydrogen-bond donors (Lipinski definition) is 1. The highest BCUT2D eigenvalue weighted by Gasteiger charge is 2.26. The average Bonchev–Trinajstić information content (AvgIpc) is 2.82. The van der Waals surface area contributed by atoms with Crippen molar-refractivity contribution in [2.45, 2.75) is 58.1 Å². The summed E-state index contributed by atoms with van der Waals surface area (Å²) in [4.78, 5) is 12.8. The van der Waals surface area contributed by atoms with E-state index in [9.17, 15) is 13.2 Å². The quantitative estimate of drug-likeness (QED) is 0.309. The van der Waals surface area contributed by atoms with Crippen LogP contribution in [-0.4, -0.2) is 32.8 Å². The molecule has 0 saturated heterocycles. The second-order valence-corrected chi connectivity index (χ2v) is 9.62. The number of rotatable bonds is 15. The van der Waals surface area contributed by atoms with Gasteiger partial charge in [-0.15, -0.1) is 0 Å². The number of carbonyl (C=O) groups excluding carboxylic acids is 1. The number of benzene rings is 2. The number of nitrogens with one attached hydrogen (secondary N) is 1. The van der Waals surface area contributed by atoms with Crippen molar-refractivity contribution in [2.75, 3.05) is 12.4 Å². The van der Waals surface area contributed by atoms with E-state index in [2.05, 4.69) is 10.8 Å². The molecule has 0 aliphatic rings. The molecule has 0 heterocycles. The van der Waals surface area contributed by atoms with Crippen molar-refractivity contribution in [3.05, 3.63) is 65.7 Å². The first-order valence-electron chi connectivity index (χ1n) is 11.2. The van der Waals surface area contributed by atoms with E-state index < -0.39 is 22.0 Å². The van der Waals surface area contributed by atoms with Crippen LogP contribution in [-0.2, 0) is 32.6 Å². The number of nitrogens with zero attached hydrogens (tertiary/aromatic N) is 1. The van der Waals surface area contributed by atoms with Gasteiger partial charge in [-0.1, -0.05) is 55.8 Å². The Morgan fingerprint density at radius 1 is 1.03 bits per heavy atom. The molecule has 0 fully saturated rings. The van der Waals surface area contributed by atoms with Crippen LogP contribution in [0.4, 0.5) is 0 Å². The van der Waals surface area contributed by atoms with Gasteiger partial charge in [0.25, 0.3) is 0 Å². The smallest absolute Gasteiger partial charge is 0.324 e. The third kappa shape index (κ3) is 10.5. The lowest BCUT2D eigenvalue weighted by atomic mass is 10.1. The van der Waals surface area contributed by atoms with Gasteiger partial charge in [0.15, 0.2) is 0 Å². The average molecular weight is 473 g/mol. The molecule has 0 bridgehead atoms. The molecular formula is C25H32N2O5S. The van der Waals surface area contributed by atoms with Gasteiger partial charge in [-0.3, -0.25) is 4.79 Å².